The van der Waals surface area contributed by atoms with Crippen LogP contribution < -0.4 is 10.9 Å². The lowest BCUT2D eigenvalue weighted by atomic mass is 10.1. The van der Waals surface area contributed by atoms with E-state index >= 15 is 0 Å². The van der Waals surface area contributed by atoms with Crippen molar-refractivity contribution >= 4 is 11.8 Å². The SMILES string of the molecule is COCc1ccccc1C(=O)NNC(=O)c1nc(-c2ccccc2)n(-c2ccccc2)n1. The molecule has 4 aromatic rings. The van der Waals surface area contributed by atoms with Gasteiger partial charge in [-0.2, -0.15) is 0 Å². The third-order valence-electron chi connectivity index (χ3n) is 4.69. The minimum Gasteiger partial charge on any atom is -0.380 e. The fourth-order valence-electron chi connectivity index (χ4n) is 3.19. The molecule has 2 amide bonds. The van der Waals surface area contributed by atoms with E-state index in [1.165, 1.54) is 0 Å². The lowest BCUT2D eigenvalue weighted by Crippen LogP contribution is -2.42. The molecule has 0 unspecified atom stereocenters. The van der Waals surface area contributed by atoms with Crippen molar-refractivity contribution in [3.8, 4) is 17.1 Å². The van der Waals surface area contributed by atoms with Crippen LogP contribution in [0.15, 0.2) is 84.9 Å². The van der Waals surface area contributed by atoms with Gasteiger partial charge in [0.2, 0.25) is 5.82 Å². The number of hydrazine groups is 1. The molecular formula is C24H21N5O3. The summed E-state index contributed by atoms with van der Waals surface area (Å²) >= 11 is 0. The van der Waals surface area contributed by atoms with Crippen molar-refractivity contribution in [2.24, 2.45) is 0 Å². The highest BCUT2D eigenvalue weighted by atomic mass is 16.5. The van der Waals surface area contributed by atoms with Crippen LogP contribution in [0.25, 0.3) is 17.1 Å². The minimum absolute atomic E-state index is 0.0711. The van der Waals surface area contributed by atoms with Gasteiger partial charge in [-0.25, -0.2) is 9.67 Å². The van der Waals surface area contributed by atoms with Crippen LogP contribution in [-0.4, -0.2) is 33.7 Å². The van der Waals surface area contributed by atoms with Crippen molar-refractivity contribution in [3.05, 3.63) is 102 Å². The molecule has 1 heterocycles. The fraction of sp³-hybridized carbons (Fsp3) is 0.0833. The molecule has 0 saturated carbocycles. The Kier molecular flexibility index (Phi) is 6.33. The molecule has 0 atom stereocenters. The van der Waals surface area contributed by atoms with Crippen LogP contribution in [0.3, 0.4) is 0 Å². The van der Waals surface area contributed by atoms with Crippen molar-refractivity contribution in [1.29, 1.82) is 0 Å². The van der Waals surface area contributed by atoms with Gasteiger partial charge in [0.1, 0.15) is 0 Å². The second-order valence-electron chi connectivity index (χ2n) is 6.87. The van der Waals surface area contributed by atoms with E-state index in [0.29, 0.717) is 17.0 Å². The largest absolute Gasteiger partial charge is 0.380 e. The Morgan fingerprint density at radius 1 is 0.844 bits per heavy atom. The standard InChI is InChI=1S/C24H21N5O3/c1-32-16-18-12-8-9-15-20(18)23(30)26-27-24(31)21-25-22(17-10-4-2-5-11-17)29(28-21)19-13-6-3-7-14-19/h2-15H,16H2,1H3,(H,26,30)(H,27,31). The number of carbonyl (C=O) groups excluding carboxylic acids is 2. The van der Waals surface area contributed by atoms with E-state index < -0.39 is 11.8 Å². The molecule has 0 fully saturated rings. The van der Waals surface area contributed by atoms with Gasteiger partial charge in [0.05, 0.1) is 12.3 Å². The zero-order chi connectivity index (χ0) is 22.3. The van der Waals surface area contributed by atoms with E-state index in [-0.39, 0.29) is 12.4 Å². The first-order valence-corrected chi connectivity index (χ1v) is 9.93. The number of methoxy groups -OCH3 is 1. The average molecular weight is 427 g/mol. The zero-order valence-electron chi connectivity index (χ0n) is 17.4. The van der Waals surface area contributed by atoms with Gasteiger partial charge >= 0.3 is 5.91 Å². The lowest BCUT2D eigenvalue weighted by Gasteiger charge is -2.09. The molecule has 0 aliphatic heterocycles. The number of amides is 2. The summed E-state index contributed by atoms with van der Waals surface area (Å²) in [7, 11) is 1.55. The highest BCUT2D eigenvalue weighted by Crippen LogP contribution is 2.21. The number of rotatable bonds is 6. The van der Waals surface area contributed by atoms with E-state index in [2.05, 4.69) is 20.9 Å². The van der Waals surface area contributed by atoms with Crippen molar-refractivity contribution in [2.75, 3.05) is 7.11 Å². The number of benzene rings is 3. The van der Waals surface area contributed by atoms with E-state index in [1.54, 1.807) is 30.0 Å². The van der Waals surface area contributed by atoms with Crippen LogP contribution in [0.5, 0.6) is 0 Å². The average Bonchev–Trinajstić information content (AvgIpc) is 3.30. The van der Waals surface area contributed by atoms with Gasteiger partial charge in [0.25, 0.3) is 5.91 Å². The summed E-state index contributed by atoms with van der Waals surface area (Å²) in [5.41, 5.74) is 7.49. The van der Waals surface area contributed by atoms with E-state index in [0.717, 1.165) is 11.3 Å². The molecule has 8 nitrogen and oxygen atoms in total. The summed E-state index contributed by atoms with van der Waals surface area (Å²) in [6.45, 7) is 0.279. The predicted molar refractivity (Wildman–Crippen MR) is 119 cm³/mol. The number of para-hydroxylation sites is 1. The number of aromatic nitrogens is 3. The molecule has 3 aromatic carbocycles. The molecule has 0 radical (unpaired) electrons. The van der Waals surface area contributed by atoms with Gasteiger partial charge < -0.3 is 4.74 Å². The van der Waals surface area contributed by atoms with Gasteiger partial charge in [-0.3, -0.25) is 20.4 Å². The normalized spacial score (nSPS) is 10.5. The van der Waals surface area contributed by atoms with Crippen LogP contribution in [0.4, 0.5) is 0 Å². The Morgan fingerprint density at radius 3 is 2.19 bits per heavy atom. The van der Waals surface area contributed by atoms with E-state index in [9.17, 15) is 9.59 Å². The lowest BCUT2D eigenvalue weighted by molar-refractivity contribution is 0.0838. The first kappa shape index (κ1) is 21.0. The predicted octanol–water partition coefficient (Wildman–Crippen LogP) is 3.16. The first-order chi connectivity index (χ1) is 15.7. The van der Waals surface area contributed by atoms with Crippen molar-refractivity contribution < 1.29 is 14.3 Å². The molecule has 1 aromatic heterocycles. The molecule has 0 aliphatic rings. The molecule has 160 valence electrons. The number of hydrogen-bond donors (Lipinski definition) is 2. The maximum absolute atomic E-state index is 12.7. The topological polar surface area (TPSA) is 98.1 Å². The summed E-state index contributed by atoms with van der Waals surface area (Å²) in [5.74, 6) is -0.650. The smallest absolute Gasteiger partial charge is 0.309 e. The van der Waals surface area contributed by atoms with E-state index in [4.69, 9.17) is 4.74 Å². The molecule has 32 heavy (non-hydrogen) atoms. The molecule has 8 heteroatoms. The van der Waals surface area contributed by atoms with Gasteiger partial charge in [-0.05, 0) is 23.8 Å². The second-order valence-corrected chi connectivity index (χ2v) is 6.87. The van der Waals surface area contributed by atoms with Crippen LogP contribution in [-0.2, 0) is 11.3 Å². The zero-order valence-corrected chi connectivity index (χ0v) is 17.4. The number of nitrogens with one attached hydrogen (secondary N) is 2. The van der Waals surface area contributed by atoms with Crippen molar-refractivity contribution in [3.63, 3.8) is 0 Å². The highest BCUT2D eigenvalue weighted by molar-refractivity contribution is 5.98. The summed E-state index contributed by atoms with van der Waals surface area (Å²) in [5, 5.41) is 4.38. The Hall–Kier alpha value is -4.30. The minimum atomic E-state index is -0.630. The first-order valence-electron chi connectivity index (χ1n) is 9.93. The second kappa shape index (κ2) is 9.67. The molecule has 4 rings (SSSR count). The Labute approximate surface area is 184 Å². The molecular weight excluding hydrogens is 406 g/mol. The van der Waals surface area contributed by atoms with Crippen molar-refractivity contribution in [1.82, 2.24) is 25.6 Å². The number of carbonyl (C=O) groups is 2. The van der Waals surface area contributed by atoms with Gasteiger partial charge in [0, 0.05) is 18.2 Å². The highest BCUT2D eigenvalue weighted by Gasteiger charge is 2.20. The number of ether oxygens (including phenoxy) is 1. The summed E-state index contributed by atoms with van der Waals surface area (Å²) in [4.78, 5) is 29.7. The van der Waals surface area contributed by atoms with Crippen LogP contribution >= 0.6 is 0 Å². The van der Waals surface area contributed by atoms with Gasteiger partial charge in [-0.15, -0.1) is 5.10 Å². The molecule has 0 aliphatic carbocycles. The van der Waals surface area contributed by atoms with Crippen LogP contribution in [0.2, 0.25) is 0 Å². The number of nitrogens with zero attached hydrogens (tertiary/aromatic N) is 3. The summed E-state index contributed by atoms with van der Waals surface area (Å²) in [6, 6.07) is 25.8. The molecule has 0 spiro atoms. The monoisotopic (exact) mass is 427 g/mol. The molecule has 0 bridgehead atoms. The summed E-state index contributed by atoms with van der Waals surface area (Å²) in [6.07, 6.45) is 0. The van der Waals surface area contributed by atoms with Crippen molar-refractivity contribution in [2.45, 2.75) is 6.61 Å². The number of hydrogen-bond acceptors (Lipinski definition) is 5. The maximum atomic E-state index is 12.7. The fourth-order valence-corrected chi connectivity index (χ4v) is 3.19. The van der Waals surface area contributed by atoms with Crippen LogP contribution in [0, 0.1) is 0 Å². The van der Waals surface area contributed by atoms with Gasteiger partial charge in [-0.1, -0.05) is 66.7 Å². The third kappa shape index (κ3) is 4.55. The van der Waals surface area contributed by atoms with E-state index in [1.807, 2.05) is 66.7 Å². The van der Waals surface area contributed by atoms with Gasteiger partial charge in [0.15, 0.2) is 5.82 Å². The summed E-state index contributed by atoms with van der Waals surface area (Å²) < 4.78 is 6.72. The third-order valence-corrected chi connectivity index (χ3v) is 4.69. The quantitative estimate of drug-likeness (QED) is 0.461. The Balaban J connectivity index is 1.57. The molecule has 2 N–H and O–H groups in total. The maximum Gasteiger partial charge on any atom is 0.309 e. The molecule has 0 saturated heterocycles. The Morgan fingerprint density at radius 2 is 1.47 bits per heavy atom. The Bertz CT molecular complexity index is 1170. The van der Waals surface area contributed by atoms with Crippen LogP contribution in [0.1, 0.15) is 26.5 Å².